The second-order valence-corrected chi connectivity index (χ2v) is 6.72. The largest absolute Gasteiger partial charge is 0.497 e. The molecule has 2 aromatic carbocycles. The highest BCUT2D eigenvalue weighted by atomic mass is 16.5. The van der Waals surface area contributed by atoms with Crippen LogP contribution in [0.15, 0.2) is 54.6 Å². The fourth-order valence-electron chi connectivity index (χ4n) is 2.81. The first-order valence-electron chi connectivity index (χ1n) is 8.78. The van der Waals surface area contributed by atoms with E-state index in [2.05, 4.69) is 24.8 Å². The molecule has 4 nitrogen and oxygen atoms in total. The van der Waals surface area contributed by atoms with Gasteiger partial charge in [0.15, 0.2) is 0 Å². The van der Waals surface area contributed by atoms with Crippen molar-refractivity contribution < 1.29 is 14.6 Å². The van der Waals surface area contributed by atoms with Gasteiger partial charge in [0, 0.05) is 19.6 Å². The lowest BCUT2D eigenvalue weighted by Crippen LogP contribution is -2.37. The Bertz CT molecular complexity index is 616. The Labute approximate surface area is 151 Å². The van der Waals surface area contributed by atoms with E-state index in [0.717, 1.165) is 24.6 Å². The van der Waals surface area contributed by atoms with Gasteiger partial charge in [0.2, 0.25) is 0 Å². The fourth-order valence-corrected chi connectivity index (χ4v) is 2.81. The predicted molar refractivity (Wildman–Crippen MR) is 101 cm³/mol. The molecule has 2 aromatic rings. The summed E-state index contributed by atoms with van der Waals surface area (Å²) < 4.78 is 11.0. The number of benzene rings is 2. The molecule has 136 valence electrons. The third kappa shape index (κ3) is 7.16. The molecule has 0 spiro atoms. The number of ether oxygens (including phenoxy) is 2. The summed E-state index contributed by atoms with van der Waals surface area (Å²) in [5, 5.41) is 10.4. The van der Waals surface area contributed by atoms with E-state index in [1.807, 2.05) is 48.5 Å². The highest BCUT2D eigenvalue weighted by Gasteiger charge is 2.15. The number of nitrogens with zero attached hydrogens (tertiary/aromatic N) is 1. The van der Waals surface area contributed by atoms with Crippen LogP contribution in [0.3, 0.4) is 0 Å². The summed E-state index contributed by atoms with van der Waals surface area (Å²) in [6.45, 7) is 6.92. The van der Waals surface area contributed by atoms with E-state index in [9.17, 15) is 5.11 Å². The van der Waals surface area contributed by atoms with Crippen molar-refractivity contribution in [2.24, 2.45) is 5.92 Å². The first-order valence-corrected chi connectivity index (χ1v) is 8.78. The normalized spacial score (nSPS) is 12.4. The third-order valence-corrected chi connectivity index (χ3v) is 3.82. The van der Waals surface area contributed by atoms with Crippen molar-refractivity contribution in [2.75, 3.05) is 26.8 Å². The summed E-state index contributed by atoms with van der Waals surface area (Å²) in [6.07, 6.45) is -0.537. The molecule has 0 aliphatic heterocycles. The molecular weight excluding hydrogens is 314 g/mol. The lowest BCUT2D eigenvalue weighted by Gasteiger charge is -2.27. The van der Waals surface area contributed by atoms with E-state index >= 15 is 0 Å². The van der Waals surface area contributed by atoms with Gasteiger partial charge < -0.3 is 14.6 Å². The second-order valence-electron chi connectivity index (χ2n) is 6.72. The summed E-state index contributed by atoms with van der Waals surface area (Å²) in [6, 6.07) is 17.7. The van der Waals surface area contributed by atoms with Gasteiger partial charge in [0.25, 0.3) is 0 Å². The minimum absolute atomic E-state index is 0.288. The Morgan fingerprint density at radius 2 is 1.68 bits per heavy atom. The van der Waals surface area contributed by atoms with Crippen LogP contribution in [0, 0.1) is 5.92 Å². The molecular formula is C21H29NO3. The average molecular weight is 343 g/mol. The second kappa shape index (κ2) is 10.1. The van der Waals surface area contributed by atoms with Crippen LogP contribution < -0.4 is 9.47 Å². The van der Waals surface area contributed by atoms with Gasteiger partial charge >= 0.3 is 0 Å². The summed E-state index contributed by atoms with van der Waals surface area (Å²) >= 11 is 0. The fraction of sp³-hybridized carbons (Fsp3) is 0.429. The van der Waals surface area contributed by atoms with Crippen LogP contribution in [-0.4, -0.2) is 42.9 Å². The van der Waals surface area contributed by atoms with Crippen LogP contribution in [0.2, 0.25) is 0 Å². The van der Waals surface area contributed by atoms with Gasteiger partial charge in [0.1, 0.15) is 24.2 Å². The number of aliphatic hydroxyl groups excluding tert-OH is 1. The molecule has 0 amide bonds. The molecule has 0 heterocycles. The van der Waals surface area contributed by atoms with Crippen molar-refractivity contribution in [2.45, 2.75) is 26.5 Å². The van der Waals surface area contributed by atoms with Gasteiger partial charge in [0.05, 0.1) is 7.11 Å². The minimum atomic E-state index is -0.537. The Morgan fingerprint density at radius 1 is 0.960 bits per heavy atom. The number of hydrogen-bond acceptors (Lipinski definition) is 4. The summed E-state index contributed by atoms with van der Waals surface area (Å²) in [7, 11) is 1.68. The van der Waals surface area contributed by atoms with Crippen molar-refractivity contribution >= 4 is 0 Å². The van der Waals surface area contributed by atoms with Crippen molar-refractivity contribution in [3.63, 3.8) is 0 Å². The molecule has 0 aliphatic rings. The molecule has 0 aliphatic carbocycles. The van der Waals surface area contributed by atoms with Crippen LogP contribution in [-0.2, 0) is 6.54 Å². The molecule has 1 N–H and O–H groups in total. The van der Waals surface area contributed by atoms with Crippen molar-refractivity contribution in [1.82, 2.24) is 4.90 Å². The van der Waals surface area contributed by atoms with E-state index in [0.29, 0.717) is 12.5 Å². The number of hydrogen-bond donors (Lipinski definition) is 1. The quantitative estimate of drug-likeness (QED) is 0.716. The van der Waals surface area contributed by atoms with Crippen LogP contribution >= 0.6 is 0 Å². The Morgan fingerprint density at radius 3 is 2.36 bits per heavy atom. The van der Waals surface area contributed by atoms with Gasteiger partial charge in [-0.3, -0.25) is 4.90 Å². The topological polar surface area (TPSA) is 41.9 Å². The van der Waals surface area contributed by atoms with Crippen LogP contribution in [0.1, 0.15) is 19.4 Å². The highest BCUT2D eigenvalue weighted by molar-refractivity contribution is 5.28. The number of aliphatic hydroxyl groups is 1. The van der Waals surface area contributed by atoms with Crippen LogP contribution in [0.5, 0.6) is 11.5 Å². The molecule has 0 saturated carbocycles. The van der Waals surface area contributed by atoms with E-state index in [4.69, 9.17) is 9.47 Å². The average Bonchev–Trinajstić information content (AvgIpc) is 2.60. The summed E-state index contributed by atoms with van der Waals surface area (Å²) in [5.41, 5.74) is 1.18. The Hall–Kier alpha value is -2.04. The van der Waals surface area contributed by atoms with Gasteiger partial charge in [-0.15, -0.1) is 0 Å². The Kier molecular flexibility index (Phi) is 7.76. The van der Waals surface area contributed by atoms with Gasteiger partial charge in [-0.2, -0.15) is 0 Å². The molecule has 0 saturated heterocycles. The highest BCUT2D eigenvalue weighted by Crippen LogP contribution is 2.16. The van der Waals surface area contributed by atoms with Crippen molar-refractivity contribution in [1.29, 1.82) is 0 Å². The minimum Gasteiger partial charge on any atom is -0.497 e. The van der Waals surface area contributed by atoms with Gasteiger partial charge in [-0.25, -0.2) is 0 Å². The monoisotopic (exact) mass is 343 g/mol. The molecule has 0 unspecified atom stereocenters. The lowest BCUT2D eigenvalue weighted by atomic mass is 10.1. The number of para-hydroxylation sites is 1. The third-order valence-electron chi connectivity index (χ3n) is 3.82. The molecule has 0 aromatic heterocycles. The molecule has 1 atom stereocenters. The zero-order valence-corrected chi connectivity index (χ0v) is 15.4. The van der Waals surface area contributed by atoms with E-state index < -0.39 is 6.10 Å². The van der Waals surface area contributed by atoms with Crippen LogP contribution in [0.25, 0.3) is 0 Å². The summed E-state index contributed by atoms with van der Waals surface area (Å²) in [5.74, 6) is 2.16. The smallest absolute Gasteiger partial charge is 0.119 e. The van der Waals surface area contributed by atoms with E-state index in [-0.39, 0.29) is 6.61 Å². The molecule has 0 bridgehead atoms. The maximum atomic E-state index is 10.4. The maximum Gasteiger partial charge on any atom is 0.119 e. The van der Waals surface area contributed by atoms with Gasteiger partial charge in [-0.1, -0.05) is 44.2 Å². The lowest BCUT2D eigenvalue weighted by molar-refractivity contribution is 0.0615. The number of methoxy groups -OCH3 is 1. The van der Waals surface area contributed by atoms with Crippen molar-refractivity contribution in [3.05, 3.63) is 60.2 Å². The standard InChI is InChI=1S/C21H29NO3/c1-17(2)13-22(14-18-8-7-11-21(12-18)24-3)15-19(23)16-25-20-9-5-4-6-10-20/h4-12,17,19,23H,13-16H2,1-3H3/t19-/m1/s1. The van der Waals surface area contributed by atoms with Crippen LogP contribution in [0.4, 0.5) is 0 Å². The molecule has 0 radical (unpaired) electrons. The first-order chi connectivity index (χ1) is 12.1. The zero-order chi connectivity index (χ0) is 18.1. The molecule has 2 rings (SSSR count). The SMILES string of the molecule is COc1cccc(CN(CC(C)C)C[C@@H](O)COc2ccccc2)c1. The zero-order valence-electron chi connectivity index (χ0n) is 15.4. The molecule has 4 heteroatoms. The summed E-state index contributed by atoms with van der Waals surface area (Å²) in [4.78, 5) is 2.26. The molecule has 0 fully saturated rings. The maximum absolute atomic E-state index is 10.4. The number of rotatable bonds is 10. The predicted octanol–water partition coefficient (Wildman–Crippen LogP) is 3.59. The van der Waals surface area contributed by atoms with Gasteiger partial charge in [-0.05, 0) is 35.7 Å². The van der Waals surface area contributed by atoms with Crippen molar-refractivity contribution in [3.8, 4) is 11.5 Å². The van der Waals surface area contributed by atoms with E-state index in [1.54, 1.807) is 7.11 Å². The Balaban J connectivity index is 1.91. The molecule has 25 heavy (non-hydrogen) atoms. The van der Waals surface area contributed by atoms with E-state index in [1.165, 1.54) is 5.56 Å². The first kappa shape index (κ1) is 19.3.